The maximum atomic E-state index is 12.3. The van der Waals surface area contributed by atoms with Gasteiger partial charge in [0.2, 0.25) is 0 Å². The minimum atomic E-state index is 0.0475. The Hall–Kier alpha value is -1.32. The van der Waals surface area contributed by atoms with Gasteiger partial charge in [-0.15, -0.1) is 0 Å². The van der Waals surface area contributed by atoms with Gasteiger partial charge in [0.15, 0.2) is 0 Å². The van der Waals surface area contributed by atoms with E-state index in [1.54, 1.807) is 6.33 Å². The largest absolute Gasteiger partial charge is 0.347 e. The smallest absolute Gasteiger partial charge is 0.270 e. The van der Waals surface area contributed by atoms with Crippen LogP contribution in [-0.4, -0.2) is 21.5 Å². The molecule has 2 fully saturated rings. The summed E-state index contributed by atoms with van der Waals surface area (Å²) in [6.07, 6.45) is 6.84. The highest BCUT2D eigenvalue weighted by Gasteiger charge is 2.42. The summed E-state index contributed by atoms with van der Waals surface area (Å²) in [5.74, 6) is 1.52. The van der Waals surface area contributed by atoms with E-state index >= 15 is 0 Å². The number of carbonyl (C=O) groups excluding carboxylic acids is 1. The second-order valence-electron chi connectivity index (χ2n) is 5.46. The predicted octanol–water partition coefficient (Wildman–Crippen LogP) is 1.65. The second kappa shape index (κ2) is 3.86. The van der Waals surface area contributed by atoms with Crippen molar-refractivity contribution in [3.05, 3.63) is 17.7 Å². The topological polar surface area (TPSA) is 46.9 Å². The van der Waals surface area contributed by atoms with E-state index in [0.717, 1.165) is 17.5 Å². The van der Waals surface area contributed by atoms with E-state index in [2.05, 4.69) is 10.3 Å². The Morgan fingerprint density at radius 1 is 1.41 bits per heavy atom. The van der Waals surface area contributed by atoms with E-state index in [1.807, 2.05) is 18.5 Å². The Bertz CT molecular complexity index is 412. The van der Waals surface area contributed by atoms with Gasteiger partial charge in [-0.2, -0.15) is 0 Å². The van der Waals surface area contributed by atoms with Gasteiger partial charge < -0.3 is 9.88 Å². The molecule has 0 bridgehead atoms. The molecule has 0 atom stereocenters. The first-order valence-electron chi connectivity index (χ1n) is 6.45. The number of aryl methyl sites for hydroxylation is 2. The van der Waals surface area contributed by atoms with E-state index in [0.29, 0.717) is 11.7 Å². The third kappa shape index (κ3) is 2.08. The summed E-state index contributed by atoms with van der Waals surface area (Å²) in [4.78, 5) is 16.4. The summed E-state index contributed by atoms with van der Waals surface area (Å²) in [6.45, 7) is 1.89. The number of nitrogens with one attached hydrogen (secondary N) is 1. The zero-order valence-electron chi connectivity index (χ0n) is 10.4. The summed E-state index contributed by atoms with van der Waals surface area (Å²) in [6, 6.07) is 0.414. The molecule has 4 nitrogen and oxygen atoms in total. The van der Waals surface area contributed by atoms with Crippen LogP contribution in [0.25, 0.3) is 0 Å². The molecule has 2 aliphatic rings. The molecule has 1 heterocycles. The number of aromatic nitrogens is 2. The molecule has 2 saturated carbocycles. The molecule has 2 aliphatic carbocycles. The number of nitrogens with zero attached hydrogens (tertiary/aromatic N) is 2. The third-order valence-electron chi connectivity index (χ3n) is 3.89. The van der Waals surface area contributed by atoms with Gasteiger partial charge >= 0.3 is 0 Å². The Morgan fingerprint density at radius 2 is 2.00 bits per heavy atom. The molecule has 1 aromatic rings. The minimum absolute atomic E-state index is 0.0475. The van der Waals surface area contributed by atoms with Crippen LogP contribution in [0, 0.1) is 18.8 Å². The van der Waals surface area contributed by atoms with Crippen LogP contribution >= 0.6 is 0 Å². The van der Waals surface area contributed by atoms with Crippen LogP contribution in [-0.2, 0) is 7.05 Å². The van der Waals surface area contributed by atoms with E-state index in [9.17, 15) is 4.79 Å². The van der Waals surface area contributed by atoms with E-state index in [1.165, 1.54) is 25.7 Å². The average molecular weight is 233 g/mol. The van der Waals surface area contributed by atoms with Crippen LogP contribution < -0.4 is 5.32 Å². The lowest BCUT2D eigenvalue weighted by molar-refractivity contribution is 0.0917. The van der Waals surface area contributed by atoms with Crippen molar-refractivity contribution in [2.24, 2.45) is 18.9 Å². The Morgan fingerprint density at radius 3 is 2.41 bits per heavy atom. The highest BCUT2D eigenvalue weighted by Crippen LogP contribution is 2.44. The molecule has 0 aromatic carbocycles. The van der Waals surface area contributed by atoms with E-state index in [4.69, 9.17) is 0 Å². The SMILES string of the molecule is Cc1ncn(C)c1C(=O)NC(C1CC1)C1CC1. The van der Waals surface area contributed by atoms with Crippen molar-refractivity contribution in [2.45, 2.75) is 38.6 Å². The van der Waals surface area contributed by atoms with Crippen LogP contribution in [0.3, 0.4) is 0 Å². The molecule has 17 heavy (non-hydrogen) atoms. The first-order valence-corrected chi connectivity index (χ1v) is 6.45. The van der Waals surface area contributed by atoms with Gasteiger partial charge in [0, 0.05) is 13.1 Å². The summed E-state index contributed by atoms with van der Waals surface area (Å²) in [5.41, 5.74) is 1.52. The van der Waals surface area contributed by atoms with Crippen molar-refractivity contribution in [1.82, 2.24) is 14.9 Å². The van der Waals surface area contributed by atoms with Crippen molar-refractivity contribution in [1.29, 1.82) is 0 Å². The fourth-order valence-corrected chi connectivity index (χ4v) is 2.62. The average Bonchev–Trinajstić information content (AvgIpc) is 3.15. The molecule has 0 saturated heterocycles. The number of rotatable bonds is 4. The normalized spacial score (nSPS) is 19.7. The van der Waals surface area contributed by atoms with Crippen LogP contribution in [0.15, 0.2) is 6.33 Å². The Balaban J connectivity index is 1.73. The van der Waals surface area contributed by atoms with Crippen LogP contribution in [0.4, 0.5) is 0 Å². The molecule has 1 amide bonds. The van der Waals surface area contributed by atoms with Gasteiger partial charge in [0.05, 0.1) is 12.0 Å². The highest BCUT2D eigenvalue weighted by atomic mass is 16.2. The molecular weight excluding hydrogens is 214 g/mol. The number of carbonyl (C=O) groups is 1. The lowest BCUT2D eigenvalue weighted by Crippen LogP contribution is -2.39. The lowest BCUT2D eigenvalue weighted by Gasteiger charge is -2.17. The summed E-state index contributed by atoms with van der Waals surface area (Å²) >= 11 is 0. The van der Waals surface area contributed by atoms with Gasteiger partial charge in [0.25, 0.3) is 5.91 Å². The number of imidazole rings is 1. The maximum Gasteiger partial charge on any atom is 0.270 e. The van der Waals surface area contributed by atoms with Gasteiger partial charge in [-0.25, -0.2) is 4.98 Å². The first kappa shape index (κ1) is 10.8. The van der Waals surface area contributed by atoms with Crippen LogP contribution in [0.5, 0.6) is 0 Å². The molecule has 92 valence electrons. The van der Waals surface area contributed by atoms with Crippen molar-refractivity contribution in [3.8, 4) is 0 Å². The summed E-state index contributed by atoms with van der Waals surface area (Å²) < 4.78 is 1.81. The van der Waals surface area contributed by atoms with E-state index < -0.39 is 0 Å². The zero-order chi connectivity index (χ0) is 12.0. The number of hydrogen-bond acceptors (Lipinski definition) is 2. The van der Waals surface area contributed by atoms with Crippen LogP contribution in [0.2, 0.25) is 0 Å². The highest BCUT2D eigenvalue weighted by molar-refractivity contribution is 5.93. The van der Waals surface area contributed by atoms with Crippen molar-refractivity contribution >= 4 is 5.91 Å². The molecule has 3 rings (SSSR count). The van der Waals surface area contributed by atoms with Crippen LogP contribution in [0.1, 0.15) is 41.9 Å². The fraction of sp³-hybridized carbons (Fsp3) is 0.692. The van der Waals surface area contributed by atoms with Crippen molar-refractivity contribution < 1.29 is 4.79 Å². The summed E-state index contributed by atoms with van der Waals surface area (Å²) in [7, 11) is 1.87. The predicted molar refractivity (Wildman–Crippen MR) is 64.6 cm³/mol. The first-order chi connectivity index (χ1) is 8.16. The van der Waals surface area contributed by atoms with Gasteiger partial charge in [-0.05, 0) is 44.4 Å². The molecule has 0 unspecified atom stereocenters. The summed E-state index contributed by atoms with van der Waals surface area (Å²) in [5, 5.41) is 3.23. The molecule has 0 spiro atoms. The lowest BCUT2D eigenvalue weighted by atomic mass is 10.1. The molecule has 1 aromatic heterocycles. The standard InChI is InChI=1S/C13H19N3O/c1-8-12(16(2)7-14-8)13(17)15-11(9-3-4-9)10-5-6-10/h7,9-11H,3-6H2,1-2H3,(H,15,17). The molecule has 0 radical (unpaired) electrons. The number of hydrogen-bond donors (Lipinski definition) is 1. The van der Waals surface area contributed by atoms with Gasteiger partial charge in [-0.3, -0.25) is 4.79 Å². The quantitative estimate of drug-likeness (QED) is 0.859. The maximum absolute atomic E-state index is 12.3. The Kier molecular flexibility index (Phi) is 2.45. The van der Waals surface area contributed by atoms with Gasteiger partial charge in [0.1, 0.15) is 5.69 Å². The minimum Gasteiger partial charge on any atom is -0.347 e. The fourth-order valence-electron chi connectivity index (χ4n) is 2.62. The molecule has 4 heteroatoms. The second-order valence-corrected chi connectivity index (χ2v) is 5.46. The Labute approximate surface area is 101 Å². The monoisotopic (exact) mass is 233 g/mol. The third-order valence-corrected chi connectivity index (χ3v) is 3.89. The van der Waals surface area contributed by atoms with E-state index in [-0.39, 0.29) is 5.91 Å². The molecule has 0 aliphatic heterocycles. The van der Waals surface area contributed by atoms with Gasteiger partial charge in [-0.1, -0.05) is 0 Å². The zero-order valence-corrected chi connectivity index (χ0v) is 10.4. The van der Waals surface area contributed by atoms with Crippen molar-refractivity contribution in [3.63, 3.8) is 0 Å². The molecule has 1 N–H and O–H groups in total. The number of amides is 1. The van der Waals surface area contributed by atoms with Crippen molar-refractivity contribution in [2.75, 3.05) is 0 Å². The molecular formula is C13H19N3O.